The van der Waals surface area contributed by atoms with Crippen molar-refractivity contribution in [2.24, 2.45) is 5.92 Å². The van der Waals surface area contributed by atoms with Crippen molar-refractivity contribution in [3.05, 3.63) is 18.3 Å². The Morgan fingerprint density at radius 2 is 2.53 bits per heavy atom. The lowest BCUT2D eigenvalue weighted by Crippen LogP contribution is -2.37. The summed E-state index contributed by atoms with van der Waals surface area (Å²) in [5, 5.41) is 13.5. The molecule has 5 heteroatoms. The van der Waals surface area contributed by atoms with Gasteiger partial charge in [-0.3, -0.25) is 4.79 Å². The van der Waals surface area contributed by atoms with Crippen molar-refractivity contribution in [3.8, 4) is 0 Å². The van der Waals surface area contributed by atoms with Crippen LogP contribution in [-0.2, 0) is 4.79 Å². The number of nitrogens with zero attached hydrogens (tertiary/aromatic N) is 2. The maximum absolute atomic E-state index is 11.7. The molecule has 15 heavy (non-hydrogen) atoms. The number of rotatable bonds is 2. The third kappa shape index (κ3) is 2.73. The first-order valence-electron chi connectivity index (χ1n) is 5.15. The molecule has 5 nitrogen and oxygen atoms in total. The summed E-state index contributed by atoms with van der Waals surface area (Å²) in [7, 11) is 0. The molecule has 2 heterocycles. The average molecular weight is 206 g/mol. The molecule has 1 fully saturated rings. The minimum absolute atomic E-state index is 0.0303. The summed E-state index contributed by atoms with van der Waals surface area (Å²) in [5.74, 6) is 0.608. The van der Waals surface area contributed by atoms with Crippen molar-refractivity contribution in [1.29, 1.82) is 0 Å². The largest absolute Gasteiger partial charge is 0.316 e. The lowest BCUT2D eigenvalue weighted by Gasteiger charge is -2.21. The van der Waals surface area contributed by atoms with Gasteiger partial charge in [0, 0.05) is 12.7 Å². The predicted octanol–water partition coefficient (Wildman–Crippen LogP) is 0.415. The van der Waals surface area contributed by atoms with Gasteiger partial charge in [-0.05, 0) is 31.5 Å². The van der Waals surface area contributed by atoms with E-state index in [1.807, 2.05) is 0 Å². The second-order valence-corrected chi connectivity index (χ2v) is 3.64. The summed E-state index contributed by atoms with van der Waals surface area (Å²) < 4.78 is 0. The zero-order chi connectivity index (χ0) is 10.5. The van der Waals surface area contributed by atoms with E-state index in [1.165, 1.54) is 0 Å². The Kier molecular flexibility index (Phi) is 3.24. The molecule has 0 aromatic carbocycles. The van der Waals surface area contributed by atoms with Crippen LogP contribution < -0.4 is 10.6 Å². The Balaban J connectivity index is 1.91. The summed E-state index contributed by atoms with van der Waals surface area (Å²) in [4.78, 5) is 11.7. The SMILES string of the molecule is O=C(Nc1cccnn1)[C@H]1CCCNC1. The molecular weight excluding hydrogens is 192 g/mol. The van der Waals surface area contributed by atoms with Crippen molar-refractivity contribution in [1.82, 2.24) is 15.5 Å². The van der Waals surface area contributed by atoms with Crippen LogP contribution in [0.4, 0.5) is 5.82 Å². The number of carbonyl (C=O) groups is 1. The number of carbonyl (C=O) groups excluding carboxylic acids is 1. The number of hydrogen-bond donors (Lipinski definition) is 2. The fourth-order valence-electron chi connectivity index (χ4n) is 1.67. The Bertz CT molecular complexity index is 321. The number of nitrogens with one attached hydrogen (secondary N) is 2. The standard InChI is InChI=1S/C10H14N4O/c15-10(8-3-1-5-11-7-8)13-9-4-2-6-12-14-9/h2,4,6,8,11H,1,3,5,7H2,(H,13,14,15)/t8-/m0/s1. The van der Waals surface area contributed by atoms with Gasteiger partial charge < -0.3 is 10.6 Å². The van der Waals surface area contributed by atoms with Gasteiger partial charge in [0.15, 0.2) is 5.82 Å². The fourth-order valence-corrected chi connectivity index (χ4v) is 1.67. The van der Waals surface area contributed by atoms with E-state index in [-0.39, 0.29) is 11.8 Å². The Labute approximate surface area is 88.3 Å². The molecule has 0 aliphatic carbocycles. The van der Waals surface area contributed by atoms with Gasteiger partial charge in [-0.15, -0.1) is 5.10 Å². The van der Waals surface area contributed by atoms with Crippen molar-refractivity contribution in [2.75, 3.05) is 18.4 Å². The highest BCUT2D eigenvalue weighted by Gasteiger charge is 2.20. The van der Waals surface area contributed by atoms with Crippen LogP contribution in [0.2, 0.25) is 0 Å². The summed E-state index contributed by atoms with van der Waals surface area (Å²) >= 11 is 0. The fraction of sp³-hybridized carbons (Fsp3) is 0.500. The molecule has 0 radical (unpaired) electrons. The van der Waals surface area contributed by atoms with Gasteiger partial charge in [0.2, 0.25) is 5.91 Å². The predicted molar refractivity (Wildman–Crippen MR) is 56.3 cm³/mol. The maximum atomic E-state index is 11.7. The number of piperidine rings is 1. The third-order valence-electron chi connectivity index (χ3n) is 2.49. The van der Waals surface area contributed by atoms with Gasteiger partial charge in [-0.1, -0.05) is 0 Å². The van der Waals surface area contributed by atoms with E-state index < -0.39 is 0 Å². The van der Waals surface area contributed by atoms with Crippen molar-refractivity contribution < 1.29 is 4.79 Å². The highest BCUT2D eigenvalue weighted by Crippen LogP contribution is 2.12. The zero-order valence-corrected chi connectivity index (χ0v) is 8.44. The maximum Gasteiger partial charge on any atom is 0.229 e. The van der Waals surface area contributed by atoms with E-state index in [0.29, 0.717) is 5.82 Å². The minimum Gasteiger partial charge on any atom is -0.316 e. The summed E-state index contributed by atoms with van der Waals surface area (Å²) in [6.07, 6.45) is 3.58. The number of hydrogen-bond acceptors (Lipinski definition) is 4. The molecule has 2 N–H and O–H groups in total. The summed E-state index contributed by atoms with van der Waals surface area (Å²) in [6, 6.07) is 3.49. The molecule has 0 bridgehead atoms. The van der Waals surface area contributed by atoms with Gasteiger partial charge in [-0.2, -0.15) is 5.10 Å². The summed E-state index contributed by atoms with van der Waals surface area (Å²) in [5.41, 5.74) is 0. The molecule has 1 saturated heterocycles. The highest BCUT2D eigenvalue weighted by molar-refractivity contribution is 5.91. The van der Waals surface area contributed by atoms with Crippen molar-refractivity contribution in [3.63, 3.8) is 0 Å². The molecule has 1 amide bonds. The van der Waals surface area contributed by atoms with E-state index in [4.69, 9.17) is 0 Å². The van der Waals surface area contributed by atoms with E-state index in [2.05, 4.69) is 20.8 Å². The number of anilines is 1. The van der Waals surface area contributed by atoms with E-state index in [0.717, 1.165) is 25.9 Å². The van der Waals surface area contributed by atoms with Gasteiger partial charge in [0.05, 0.1) is 5.92 Å². The van der Waals surface area contributed by atoms with Crippen LogP contribution >= 0.6 is 0 Å². The van der Waals surface area contributed by atoms with Gasteiger partial charge in [-0.25, -0.2) is 0 Å². The van der Waals surface area contributed by atoms with Crippen molar-refractivity contribution >= 4 is 11.7 Å². The molecule has 1 aliphatic heterocycles. The Hall–Kier alpha value is -1.49. The molecule has 2 rings (SSSR count). The normalized spacial score (nSPS) is 20.9. The van der Waals surface area contributed by atoms with Crippen LogP contribution in [0.1, 0.15) is 12.8 Å². The molecule has 0 spiro atoms. The van der Waals surface area contributed by atoms with Crippen LogP contribution in [-0.4, -0.2) is 29.2 Å². The molecular formula is C10H14N4O. The zero-order valence-electron chi connectivity index (χ0n) is 8.44. The molecule has 1 aromatic rings. The van der Waals surface area contributed by atoms with Crippen LogP contribution in [0.25, 0.3) is 0 Å². The number of amides is 1. The minimum atomic E-state index is 0.0303. The van der Waals surface area contributed by atoms with Gasteiger partial charge >= 0.3 is 0 Å². The quantitative estimate of drug-likeness (QED) is 0.735. The topological polar surface area (TPSA) is 66.9 Å². The molecule has 0 unspecified atom stereocenters. The lowest BCUT2D eigenvalue weighted by atomic mass is 9.99. The first-order chi connectivity index (χ1) is 7.36. The molecule has 1 aromatic heterocycles. The Morgan fingerprint density at radius 3 is 3.20 bits per heavy atom. The van der Waals surface area contributed by atoms with Crippen LogP contribution in [0.3, 0.4) is 0 Å². The van der Waals surface area contributed by atoms with Crippen LogP contribution in [0, 0.1) is 5.92 Å². The molecule has 80 valence electrons. The smallest absolute Gasteiger partial charge is 0.229 e. The Morgan fingerprint density at radius 1 is 1.60 bits per heavy atom. The van der Waals surface area contributed by atoms with Gasteiger partial charge in [0.25, 0.3) is 0 Å². The van der Waals surface area contributed by atoms with E-state index >= 15 is 0 Å². The second kappa shape index (κ2) is 4.84. The van der Waals surface area contributed by atoms with E-state index in [1.54, 1.807) is 18.3 Å². The highest BCUT2D eigenvalue weighted by atomic mass is 16.2. The summed E-state index contributed by atoms with van der Waals surface area (Å²) in [6.45, 7) is 1.76. The van der Waals surface area contributed by atoms with Gasteiger partial charge in [0.1, 0.15) is 0 Å². The molecule has 0 saturated carbocycles. The monoisotopic (exact) mass is 206 g/mol. The molecule has 1 aliphatic rings. The number of aromatic nitrogens is 2. The van der Waals surface area contributed by atoms with E-state index in [9.17, 15) is 4.79 Å². The first-order valence-corrected chi connectivity index (χ1v) is 5.15. The van der Waals surface area contributed by atoms with Crippen LogP contribution in [0.15, 0.2) is 18.3 Å². The van der Waals surface area contributed by atoms with Crippen molar-refractivity contribution in [2.45, 2.75) is 12.8 Å². The lowest BCUT2D eigenvalue weighted by molar-refractivity contribution is -0.120. The second-order valence-electron chi connectivity index (χ2n) is 3.64. The third-order valence-corrected chi connectivity index (χ3v) is 2.49. The average Bonchev–Trinajstić information content (AvgIpc) is 2.31. The molecule has 1 atom stereocenters. The van der Waals surface area contributed by atoms with Crippen LogP contribution in [0.5, 0.6) is 0 Å². The first kappa shape index (κ1) is 10.0.